The molecule has 3 aromatic carbocycles. The maximum Gasteiger partial charge on any atom is 0.339 e. The molecule has 10 heteroatoms. The number of esters is 2. The highest BCUT2D eigenvalue weighted by molar-refractivity contribution is 6.00. The van der Waals surface area contributed by atoms with Gasteiger partial charge < -0.3 is 19.5 Å². The van der Waals surface area contributed by atoms with E-state index in [2.05, 4.69) is 10.1 Å². The first-order chi connectivity index (χ1) is 16.8. The predicted molar refractivity (Wildman–Crippen MR) is 125 cm³/mol. The minimum Gasteiger partial charge on any atom is -0.492 e. The van der Waals surface area contributed by atoms with E-state index in [-0.39, 0.29) is 11.1 Å². The molecule has 0 aromatic heterocycles. The maximum absolute atomic E-state index is 13.2. The Bertz CT molecular complexity index is 1240. The molecule has 10 nitrogen and oxygen atoms in total. The first-order valence-electron chi connectivity index (χ1n) is 10.5. The van der Waals surface area contributed by atoms with Crippen molar-refractivity contribution in [3.63, 3.8) is 0 Å². The summed E-state index contributed by atoms with van der Waals surface area (Å²) < 4.78 is 15.6. The summed E-state index contributed by atoms with van der Waals surface area (Å²) in [6.45, 7) is 2.17. The average Bonchev–Trinajstić information content (AvgIpc) is 2.88. The third-order valence-corrected chi connectivity index (χ3v) is 4.80. The highest BCUT2D eigenvalue weighted by atomic mass is 16.6. The Labute approximate surface area is 200 Å². The van der Waals surface area contributed by atoms with Crippen LogP contribution in [-0.4, -0.2) is 36.5 Å². The molecule has 0 saturated heterocycles. The van der Waals surface area contributed by atoms with Gasteiger partial charge in [0.2, 0.25) is 6.10 Å². The lowest BCUT2D eigenvalue weighted by Gasteiger charge is -2.19. The van der Waals surface area contributed by atoms with Crippen molar-refractivity contribution in [3.8, 4) is 5.75 Å². The Morgan fingerprint density at radius 2 is 1.57 bits per heavy atom. The topological polar surface area (TPSA) is 134 Å². The van der Waals surface area contributed by atoms with Gasteiger partial charge >= 0.3 is 11.9 Å². The molecule has 35 heavy (non-hydrogen) atoms. The number of carbonyl (C=O) groups is 3. The number of nitro groups is 1. The predicted octanol–water partition coefficient (Wildman–Crippen LogP) is 4.32. The van der Waals surface area contributed by atoms with Crippen molar-refractivity contribution in [2.45, 2.75) is 13.0 Å². The van der Waals surface area contributed by atoms with Crippen LogP contribution < -0.4 is 10.1 Å². The van der Waals surface area contributed by atoms with Gasteiger partial charge in [-0.2, -0.15) is 0 Å². The van der Waals surface area contributed by atoms with Crippen LogP contribution in [0.4, 0.5) is 11.4 Å². The third-order valence-electron chi connectivity index (χ3n) is 4.80. The van der Waals surface area contributed by atoms with Crippen LogP contribution in [0.5, 0.6) is 5.75 Å². The Morgan fingerprint density at radius 3 is 2.20 bits per heavy atom. The van der Waals surface area contributed by atoms with E-state index in [4.69, 9.17) is 9.47 Å². The zero-order chi connectivity index (χ0) is 25.4. The monoisotopic (exact) mass is 478 g/mol. The lowest BCUT2D eigenvalue weighted by molar-refractivity contribution is -0.384. The number of nitrogens with one attached hydrogen (secondary N) is 1. The van der Waals surface area contributed by atoms with Gasteiger partial charge in [0.25, 0.3) is 11.6 Å². The first-order valence-corrected chi connectivity index (χ1v) is 10.5. The summed E-state index contributed by atoms with van der Waals surface area (Å²) in [5, 5.41) is 14.0. The fourth-order valence-electron chi connectivity index (χ4n) is 3.20. The molecule has 0 heterocycles. The summed E-state index contributed by atoms with van der Waals surface area (Å²) in [5.74, 6) is -2.15. The lowest BCUT2D eigenvalue weighted by Crippen LogP contribution is -2.26. The Kier molecular flexibility index (Phi) is 8.12. The van der Waals surface area contributed by atoms with Gasteiger partial charge in [-0.1, -0.05) is 42.5 Å². The molecule has 0 spiro atoms. The summed E-state index contributed by atoms with van der Waals surface area (Å²) in [6.07, 6.45) is -1.40. The highest BCUT2D eigenvalue weighted by Crippen LogP contribution is 2.28. The Hall–Kier alpha value is -4.73. The van der Waals surface area contributed by atoms with Gasteiger partial charge in [-0.25, -0.2) is 9.59 Å². The fourth-order valence-corrected chi connectivity index (χ4v) is 3.20. The molecular formula is C25H22N2O8. The number of non-ortho nitro benzene ring substituents is 1. The number of ether oxygens (including phenoxy) is 3. The Morgan fingerprint density at radius 1 is 0.943 bits per heavy atom. The van der Waals surface area contributed by atoms with Crippen LogP contribution in [-0.2, 0) is 14.3 Å². The Balaban J connectivity index is 1.94. The molecule has 0 fully saturated rings. The molecule has 180 valence electrons. The van der Waals surface area contributed by atoms with Crippen molar-refractivity contribution < 1.29 is 33.5 Å². The van der Waals surface area contributed by atoms with Crippen molar-refractivity contribution in [1.82, 2.24) is 0 Å². The normalized spacial score (nSPS) is 11.1. The maximum atomic E-state index is 13.2. The number of anilines is 1. The second-order valence-corrected chi connectivity index (χ2v) is 7.13. The average molecular weight is 478 g/mol. The number of benzene rings is 3. The lowest BCUT2D eigenvalue weighted by atomic mass is 10.1. The number of carbonyl (C=O) groups excluding carboxylic acids is 3. The molecule has 1 atom stereocenters. The molecule has 0 bridgehead atoms. The molecular weight excluding hydrogens is 456 g/mol. The molecule has 3 aromatic rings. The van der Waals surface area contributed by atoms with Crippen LogP contribution in [0.2, 0.25) is 0 Å². The molecule has 0 saturated carbocycles. The number of hydrogen-bond donors (Lipinski definition) is 1. The second-order valence-electron chi connectivity index (χ2n) is 7.13. The highest BCUT2D eigenvalue weighted by Gasteiger charge is 2.28. The van der Waals surface area contributed by atoms with Crippen LogP contribution in [0, 0.1) is 10.1 Å². The van der Waals surface area contributed by atoms with Crippen molar-refractivity contribution >= 4 is 29.2 Å². The van der Waals surface area contributed by atoms with E-state index in [0.29, 0.717) is 23.6 Å². The van der Waals surface area contributed by atoms with E-state index in [9.17, 15) is 24.5 Å². The van der Waals surface area contributed by atoms with Gasteiger partial charge in [-0.05, 0) is 25.1 Å². The van der Waals surface area contributed by atoms with E-state index in [1.54, 1.807) is 61.5 Å². The fraction of sp³-hybridized carbons (Fsp3) is 0.160. The second kappa shape index (κ2) is 11.4. The molecule has 0 radical (unpaired) electrons. The van der Waals surface area contributed by atoms with Gasteiger partial charge in [0.05, 0.1) is 35.5 Å². The number of amides is 1. The van der Waals surface area contributed by atoms with Crippen LogP contribution in [0.25, 0.3) is 0 Å². The summed E-state index contributed by atoms with van der Waals surface area (Å²) in [7, 11) is 1.11. The summed E-state index contributed by atoms with van der Waals surface area (Å²) >= 11 is 0. The number of hydrogen-bond acceptors (Lipinski definition) is 8. The molecule has 0 aliphatic heterocycles. The SMILES string of the molecule is CCOc1ccccc1NC(=O)C(OC(=O)c1cc(C(=O)OC)cc([N+](=O)[O-])c1)c1ccccc1. The molecule has 1 amide bonds. The van der Waals surface area contributed by atoms with E-state index in [1.807, 2.05) is 0 Å². The van der Waals surface area contributed by atoms with Gasteiger partial charge in [0, 0.05) is 17.7 Å². The third kappa shape index (κ3) is 6.20. The van der Waals surface area contributed by atoms with Gasteiger partial charge in [0.1, 0.15) is 5.75 Å². The zero-order valence-electron chi connectivity index (χ0n) is 18.9. The van der Waals surface area contributed by atoms with Gasteiger partial charge in [0.15, 0.2) is 0 Å². The van der Waals surface area contributed by atoms with Crippen molar-refractivity contribution in [2.24, 2.45) is 0 Å². The minimum atomic E-state index is -1.40. The van der Waals surface area contributed by atoms with Crippen molar-refractivity contribution in [2.75, 3.05) is 19.0 Å². The van der Waals surface area contributed by atoms with E-state index >= 15 is 0 Å². The van der Waals surface area contributed by atoms with Crippen molar-refractivity contribution in [3.05, 3.63) is 99.6 Å². The molecule has 1 unspecified atom stereocenters. The standard InChI is InChI=1S/C25H22N2O8/c1-3-34-21-12-8-7-11-20(21)26-23(28)22(16-9-5-4-6-10-16)35-25(30)18-13-17(24(29)33-2)14-19(15-18)27(31)32/h4-15,22H,3H2,1-2H3,(H,26,28). The van der Waals surface area contributed by atoms with Gasteiger partial charge in [-0.3, -0.25) is 14.9 Å². The molecule has 0 aliphatic carbocycles. The molecule has 0 aliphatic rings. The summed E-state index contributed by atoms with van der Waals surface area (Å²) in [5.41, 5.74) is -0.264. The van der Waals surface area contributed by atoms with Gasteiger partial charge in [-0.15, -0.1) is 0 Å². The number of nitrogens with zero attached hydrogens (tertiary/aromatic N) is 1. The van der Waals surface area contributed by atoms with Crippen molar-refractivity contribution in [1.29, 1.82) is 0 Å². The van der Waals surface area contributed by atoms with E-state index in [1.165, 1.54) is 0 Å². The summed E-state index contributed by atoms with van der Waals surface area (Å²) in [4.78, 5) is 48.7. The molecule has 3 rings (SSSR count). The number of para-hydroxylation sites is 2. The minimum absolute atomic E-state index is 0.208. The van der Waals surface area contributed by atoms with Crippen LogP contribution in [0.3, 0.4) is 0 Å². The smallest absolute Gasteiger partial charge is 0.339 e. The van der Waals surface area contributed by atoms with E-state index in [0.717, 1.165) is 25.3 Å². The molecule has 1 N–H and O–H groups in total. The van der Waals surface area contributed by atoms with Crippen LogP contribution >= 0.6 is 0 Å². The first kappa shape index (κ1) is 24.9. The number of rotatable bonds is 9. The largest absolute Gasteiger partial charge is 0.492 e. The number of methoxy groups -OCH3 is 1. The van der Waals surface area contributed by atoms with E-state index < -0.39 is 34.6 Å². The summed E-state index contributed by atoms with van der Waals surface area (Å²) in [6, 6.07) is 18.1. The quantitative estimate of drug-likeness (QED) is 0.273. The van der Waals surface area contributed by atoms with Crippen LogP contribution in [0.15, 0.2) is 72.8 Å². The zero-order valence-corrected chi connectivity index (χ0v) is 18.9. The number of nitro benzene ring substituents is 1. The van der Waals surface area contributed by atoms with Crippen LogP contribution in [0.1, 0.15) is 39.3 Å².